The lowest BCUT2D eigenvalue weighted by molar-refractivity contribution is -0.135. The molecular formula is C9H8ClNO2. The number of aliphatic carboxylic acids is 1. The molecule has 0 aliphatic heterocycles. The molecule has 0 radical (unpaired) electrons. The second-order valence-corrected chi connectivity index (χ2v) is 2.84. The molecule has 0 spiro atoms. The van der Waals surface area contributed by atoms with Crippen LogP contribution in [-0.2, 0) is 4.79 Å². The Bertz CT molecular complexity index is 336. The van der Waals surface area contributed by atoms with Gasteiger partial charge in [-0.15, -0.1) is 0 Å². The van der Waals surface area contributed by atoms with Gasteiger partial charge in [0, 0.05) is 11.2 Å². The molecule has 4 heteroatoms. The van der Waals surface area contributed by atoms with Crippen LogP contribution >= 0.6 is 11.6 Å². The summed E-state index contributed by atoms with van der Waals surface area (Å²) in [6.45, 7) is 0. The lowest BCUT2D eigenvalue weighted by Gasteiger charge is -1.92. The van der Waals surface area contributed by atoms with Gasteiger partial charge in [-0.25, -0.2) is 0 Å². The van der Waals surface area contributed by atoms with Gasteiger partial charge in [0.1, 0.15) is 0 Å². The summed E-state index contributed by atoms with van der Waals surface area (Å²) >= 11 is 5.70. The number of hydrogen-bond acceptors (Lipinski definition) is 2. The van der Waals surface area contributed by atoms with Crippen LogP contribution in [0.25, 0.3) is 6.08 Å². The summed E-state index contributed by atoms with van der Waals surface area (Å²) in [5.41, 5.74) is 0.661. The zero-order chi connectivity index (χ0) is 9.68. The van der Waals surface area contributed by atoms with E-state index in [2.05, 4.69) is 4.98 Å². The van der Waals surface area contributed by atoms with Crippen LogP contribution in [0.15, 0.2) is 24.4 Å². The van der Waals surface area contributed by atoms with Crippen molar-refractivity contribution in [2.24, 2.45) is 0 Å². The van der Waals surface area contributed by atoms with E-state index < -0.39 is 5.97 Å². The van der Waals surface area contributed by atoms with E-state index in [0.717, 1.165) is 0 Å². The molecule has 1 aromatic rings. The van der Waals surface area contributed by atoms with Gasteiger partial charge >= 0.3 is 5.97 Å². The predicted octanol–water partition coefficient (Wildman–Crippen LogP) is 2.22. The lowest BCUT2D eigenvalue weighted by atomic mass is 10.3. The number of halogens is 1. The molecular weight excluding hydrogens is 190 g/mol. The summed E-state index contributed by atoms with van der Waals surface area (Å²) in [7, 11) is 0. The average Bonchev–Trinajstić information content (AvgIpc) is 2.03. The fraction of sp³-hybridized carbons (Fsp3) is 0.111. The average molecular weight is 198 g/mol. The first-order chi connectivity index (χ1) is 6.18. The number of hydrogen-bond donors (Lipinski definition) is 1. The second kappa shape index (κ2) is 4.62. The summed E-state index contributed by atoms with van der Waals surface area (Å²) < 4.78 is 0. The minimum atomic E-state index is -0.863. The van der Waals surface area contributed by atoms with Crippen LogP contribution in [0.4, 0.5) is 0 Å². The Morgan fingerprint density at radius 2 is 2.46 bits per heavy atom. The molecule has 0 atom stereocenters. The van der Waals surface area contributed by atoms with Crippen molar-refractivity contribution < 1.29 is 9.90 Å². The van der Waals surface area contributed by atoms with Crippen LogP contribution < -0.4 is 0 Å². The van der Waals surface area contributed by atoms with E-state index in [1.165, 1.54) is 6.08 Å². The third-order valence-electron chi connectivity index (χ3n) is 1.32. The molecule has 0 aliphatic carbocycles. The number of pyridine rings is 1. The summed E-state index contributed by atoms with van der Waals surface area (Å²) in [4.78, 5) is 14.1. The van der Waals surface area contributed by atoms with Crippen molar-refractivity contribution in [1.29, 1.82) is 0 Å². The second-order valence-electron chi connectivity index (χ2n) is 2.40. The highest BCUT2D eigenvalue weighted by atomic mass is 35.5. The highest BCUT2D eigenvalue weighted by Crippen LogP contribution is 2.09. The zero-order valence-electron chi connectivity index (χ0n) is 6.77. The van der Waals surface area contributed by atoms with Crippen LogP contribution in [0.1, 0.15) is 12.1 Å². The third-order valence-corrected chi connectivity index (χ3v) is 1.56. The molecule has 0 saturated heterocycles. The highest BCUT2D eigenvalue weighted by Gasteiger charge is 1.92. The van der Waals surface area contributed by atoms with Gasteiger partial charge < -0.3 is 5.11 Å². The maximum absolute atomic E-state index is 10.2. The van der Waals surface area contributed by atoms with E-state index in [4.69, 9.17) is 16.7 Å². The van der Waals surface area contributed by atoms with E-state index >= 15 is 0 Å². The zero-order valence-corrected chi connectivity index (χ0v) is 7.53. The monoisotopic (exact) mass is 197 g/mol. The smallest absolute Gasteiger partial charge is 0.307 e. The third kappa shape index (κ3) is 3.71. The van der Waals surface area contributed by atoms with Crippen LogP contribution in [0.3, 0.4) is 0 Å². The van der Waals surface area contributed by atoms with Crippen molar-refractivity contribution in [1.82, 2.24) is 4.98 Å². The Morgan fingerprint density at radius 1 is 1.69 bits per heavy atom. The number of carboxylic acid groups (broad SMARTS) is 1. The van der Waals surface area contributed by atoms with Gasteiger partial charge in [-0.3, -0.25) is 9.78 Å². The highest BCUT2D eigenvalue weighted by molar-refractivity contribution is 6.30. The number of rotatable bonds is 3. The van der Waals surface area contributed by atoms with Crippen LogP contribution in [-0.4, -0.2) is 16.1 Å². The van der Waals surface area contributed by atoms with E-state index in [1.807, 2.05) is 0 Å². The Labute approximate surface area is 80.7 Å². The van der Waals surface area contributed by atoms with Crippen molar-refractivity contribution >= 4 is 23.6 Å². The van der Waals surface area contributed by atoms with Crippen molar-refractivity contribution in [2.75, 3.05) is 0 Å². The largest absolute Gasteiger partial charge is 0.481 e. The lowest BCUT2D eigenvalue weighted by Crippen LogP contribution is -1.89. The molecule has 3 nitrogen and oxygen atoms in total. The van der Waals surface area contributed by atoms with Crippen molar-refractivity contribution in [3.05, 3.63) is 35.1 Å². The SMILES string of the molecule is O=C(O)CC=Cc1cc(Cl)ccn1. The Hall–Kier alpha value is -1.35. The van der Waals surface area contributed by atoms with E-state index in [0.29, 0.717) is 10.7 Å². The summed E-state index contributed by atoms with van der Waals surface area (Å²) in [5, 5.41) is 8.94. The fourth-order valence-electron chi connectivity index (χ4n) is 0.793. The number of carbonyl (C=O) groups is 1. The minimum absolute atomic E-state index is 0.00576. The molecule has 0 amide bonds. The maximum atomic E-state index is 10.2. The molecule has 1 heterocycles. The molecule has 0 fully saturated rings. The van der Waals surface area contributed by atoms with E-state index in [1.54, 1.807) is 24.4 Å². The van der Waals surface area contributed by atoms with Crippen LogP contribution in [0.2, 0.25) is 5.02 Å². The van der Waals surface area contributed by atoms with Crippen molar-refractivity contribution in [3.63, 3.8) is 0 Å². The quantitative estimate of drug-likeness (QED) is 0.809. The summed E-state index contributed by atoms with van der Waals surface area (Å²) in [6.07, 6.45) is 4.72. The molecule has 0 bridgehead atoms. The first-order valence-corrected chi connectivity index (χ1v) is 4.06. The Kier molecular flexibility index (Phi) is 3.46. The number of aromatic nitrogens is 1. The fourth-order valence-corrected chi connectivity index (χ4v) is 0.961. The van der Waals surface area contributed by atoms with Gasteiger partial charge in [-0.05, 0) is 18.2 Å². The first kappa shape index (κ1) is 9.74. The topological polar surface area (TPSA) is 50.2 Å². The summed E-state index contributed by atoms with van der Waals surface area (Å²) in [5.74, 6) is -0.863. The van der Waals surface area contributed by atoms with Crippen molar-refractivity contribution in [2.45, 2.75) is 6.42 Å². The van der Waals surface area contributed by atoms with E-state index in [-0.39, 0.29) is 6.42 Å². The molecule has 13 heavy (non-hydrogen) atoms. The van der Waals surface area contributed by atoms with Gasteiger partial charge in [-0.2, -0.15) is 0 Å². The molecule has 1 N–H and O–H groups in total. The Balaban J connectivity index is 2.63. The number of carboxylic acids is 1. The first-order valence-electron chi connectivity index (χ1n) is 3.68. The number of nitrogens with zero attached hydrogens (tertiary/aromatic N) is 1. The molecule has 1 rings (SSSR count). The van der Waals surface area contributed by atoms with Crippen LogP contribution in [0.5, 0.6) is 0 Å². The maximum Gasteiger partial charge on any atom is 0.307 e. The van der Waals surface area contributed by atoms with Gasteiger partial charge in [-0.1, -0.05) is 17.7 Å². The molecule has 0 unspecified atom stereocenters. The minimum Gasteiger partial charge on any atom is -0.481 e. The Morgan fingerprint density at radius 3 is 3.08 bits per heavy atom. The molecule has 68 valence electrons. The summed E-state index contributed by atoms with van der Waals surface area (Å²) in [6, 6.07) is 3.33. The predicted molar refractivity (Wildman–Crippen MR) is 50.5 cm³/mol. The normalized spacial score (nSPS) is 10.5. The van der Waals surface area contributed by atoms with Crippen LogP contribution in [0, 0.1) is 0 Å². The van der Waals surface area contributed by atoms with Crippen molar-refractivity contribution in [3.8, 4) is 0 Å². The van der Waals surface area contributed by atoms with Gasteiger partial charge in [0.2, 0.25) is 0 Å². The molecule has 0 saturated carbocycles. The van der Waals surface area contributed by atoms with Gasteiger partial charge in [0.15, 0.2) is 0 Å². The van der Waals surface area contributed by atoms with Gasteiger partial charge in [0.05, 0.1) is 12.1 Å². The van der Waals surface area contributed by atoms with Gasteiger partial charge in [0.25, 0.3) is 0 Å². The molecule has 1 aromatic heterocycles. The molecule has 0 aliphatic rings. The standard InChI is InChI=1S/C9H8ClNO2/c10-7-4-5-11-8(6-7)2-1-3-9(12)13/h1-2,4-6H,3H2,(H,12,13). The van der Waals surface area contributed by atoms with E-state index in [9.17, 15) is 4.79 Å². The molecule has 0 aromatic carbocycles.